The summed E-state index contributed by atoms with van der Waals surface area (Å²) >= 11 is 5.93. The number of halogens is 1. The van der Waals surface area contributed by atoms with Crippen LogP contribution in [-0.2, 0) is 4.79 Å². The molecule has 0 unspecified atom stereocenters. The molecule has 0 spiro atoms. The SMILES string of the molecule is CCCNCCCN1C(=O)C(=O)c2ccc(Cl)cc21. The predicted molar refractivity (Wildman–Crippen MR) is 75.9 cm³/mol. The molecule has 1 N–H and O–H groups in total. The van der Waals surface area contributed by atoms with Crippen LogP contribution in [0.15, 0.2) is 18.2 Å². The lowest BCUT2D eigenvalue weighted by atomic mass is 10.1. The molecule has 4 nitrogen and oxygen atoms in total. The van der Waals surface area contributed by atoms with Gasteiger partial charge in [0.2, 0.25) is 0 Å². The van der Waals surface area contributed by atoms with Crippen molar-refractivity contribution in [2.45, 2.75) is 19.8 Å². The van der Waals surface area contributed by atoms with Crippen LogP contribution < -0.4 is 10.2 Å². The Hall–Kier alpha value is -1.39. The number of nitrogens with one attached hydrogen (secondary N) is 1. The number of carbonyl (C=O) groups excluding carboxylic acids is 2. The third-order valence-electron chi connectivity index (χ3n) is 3.10. The van der Waals surface area contributed by atoms with Crippen LogP contribution in [0.5, 0.6) is 0 Å². The van der Waals surface area contributed by atoms with Gasteiger partial charge in [-0.15, -0.1) is 0 Å². The van der Waals surface area contributed by atoms with Gasteiger partial charge in [-0.1, -0.05) is 18.5 Å². The average Bonchev–Trinajstić information content (AvgIpc) is 2.63. The summed E-state index contributed by atoms with van der Waals surface area (Å²) in [4.78, 5) is 25.2. The van der Waals surface area contributed by atoms with Gasteiger partial charge in [-0.2, -0.15) is 0 Å². The van der Waals surface area contributed by atoms with Gasteiger partial charge in [0.1, 0.15) is 0 Å². The van der Waals surface area contributed by atoms with Gasteiger partial charge in [0.25, 0.3) is 11.7 Å². The Morgan fingerprint density at radius 3 is 2.79 bits per heavy atom. The summed E-state index contributed by atoms with van der Waals surface area (Å²) in [6.45, 7) is 4.44. The van der Waals surface area contributed by atoms with Crippen molar-refractivity contribution in [2.24, 2.45) is 0 Å². The summed E-state index contributed by atoms with van der Waals surface area (Å²) < 4.78 is 0. The van der Waals surface area contributed by atoms with Crippen LogP contribution >= 0.6 is 11.6 Å². The predicted octanol–water partition coefficient (Wildman–Crippen LogP) is 2.26. The molecule has 0 saturated heterocycles. The van der Waals surface area contributed by atoms with E-state index in [1.807, 2.05) is 0 Å². The molecular formula is C14H17ClN2O2. The molecule has 0 bridgehead atoms. The second-order valence-electron chi connectivity index (χ2n) is 4.55. The van der Waals surface area contributed by atoms with E-state index in [1.165, 1.54) is 4.90 Å². The highest BCUT2D eigenvalue weighted by Crippen LogP contribution is 2.31. The number of amides is 1. The number of Topliss-reactive ketones (excluding diaryl/α,β-unsaturated/α-hetero) is 1. The molecule has 0 radical (unpaired) electrons. The molecule has 1 aliphatic rings. The molecule has 1 amide bonds. The van der Waals surface area contributed by atoms with Crippen LogP contribution in [0.2, 0.25) is 5.02 Å². The summed E-state index contributed by atoms with van der Waals surface area (Å²) in [6.07, 6.45) is 1.89. The minimum absolute atomic E-state index is 0.437. The average molecular weight is 281 g/mol. The van der Waals surface area contributed by atoms with Gasteiger partial charge in [-0.25, -0.2) is 0 Å². The second kappa shape index (κ2) is 6.17. The minimum atomic E-state index is -0.451. The lowest BCUT2D eigenvalue weighted by Gasteiger charge is -2.16. The molecule has 0 saturated carbocycles. The molecule has 102 valence electrons. The van der Waals surface area contributed by atoms with Crippen molar-refractivity contribution in [1.29, 1.82) is 0 Å². The maximum absolute atomic E-state index is 11.9. The highest BCUT2D eigenvalue weighted by molar-refractivity contribution is 6.52. The van der Waals surface area contributed by atoms with E-state index >= 15 is 0 Å². The lowest BCUT2D eigenvalue weighted by molar-refractivity contribution is -0.114. The summed E-state index contributed by atoms with van der Waals surface area (Å²) in [7, 11) is 0. The summed E-state index contributed by atoms with van der Waals surface area (Å²) in [5.41, 5.74) is 1.09. The maximum atomic E-state index is 11.9. The molecule has 0 atom stereocenters. The van der Waals surface area contributed by atoms with E-state index in [0.717, 1.165) is 25.9 Å². The quantitative estimate of drug-likeness (QED) is 0.642. The summed E-state index contributed by atoms with van der Waals surface area (Å²) in [6, 6.07) is 4.93. The number of anilines is 1. The number of hydrogen-bond donors (Lipinski definition) is 1. The van der Waals surface area contributed by atoms with E-state index in [-0.39, 0.29) is 0 Å². The second-order valence-corrected chi connectivity index (χ2v) is 4.99. The Balaban J connectivity index is 2.04. The maximum Gasteiger partial charge on any atom is 0.299 e. The highest BCUT2D eigenvalue weighted by Gasteiger charge is 2.35. The number of carbonyl (C=O) groups is 2. The van der Waals surface area contributed by atoms with Gasteiger partial charge in [0.05, 0.1) is 11.3 Å². The van der Waals surface area contributed by atoms with Gasteiger partial charge < -0.3 is 10.2 Å². The van der Waals surface area contributed by atoms with Crippen LogP contribution in [-0.4, -0.2) is 31.3 Å². The first kappa shape index (κ1) is 14.0. The first-order valence-corrected chi connectivity index (χ1v) is 6.89. The molecule has 5 heteroatoms. The number of nitrogens with zero attached hydrogens (tertiary/aromatic N) is 1. The number of ketones is 1. The van der Waals surface area contributed by atoms with Crippen molar-refractivity contribution in [3.63, 3.8) is 0 Å². The molecular weight excluding hydrogens is 264 g/mol. The normalized spacial score (nSPS) is 14.1. The Morgan fingerprint density at radius 2 is 2.05 bits per heavy atom. The van der Waals surface area contributed by atoms with E-state index < -0.39 is 11.7 Å². The summed E-state index contributed by atoms with van der Waals surface area (Å²) in [5, 5.41) is 3.81. The van der Waals surface area contributed by atoms with Gasteiger partial charge in [0, 0.05) is 11.6 Å². The van der Waals surface area contributed by atoms with Crippen molar-refractivity contribution >= 4 is 29.0 Å². The van der Waals surface area contributed by atoms with Crippen LogP contribution in [0.3, 0.4) is 0 Å². The number of fused-ring (bicyclic) bond motifs is 1. The zero-order valence-electron chi connectivity index (χ0n) is 10.9. The van der Waals surface area contributed by atoms with Gasteiger partial charge in [-0.3, -0.25) is 9.59 Å². The largest absolute Gasteiger partial charge is 0.317 e. The van der Waals surface area contributed by atoms with Gasteiger partial charge in [-0.05, 0) is 44.1 Å². The Labute approximate surface area is 117 Å². The van der Waals surface area contributed by atoms with Crippen molar-refractivity contribution in [1.82, 2.24) is 5.32 Å². The van der Waals surface area contributed by atoms with Crippen molar-refractivity contribution in [2.75, 3.05) is 24.5 Å². The molecule has 0 fully saturated rings. The fourth-order valence-corrected chi connectivity index (χ4v) is 2.32. The Kier molecular flexibility index (Phi) is 4.56. The van der Waals surface area contributed by atoms with Gasteiger partial charge in [0.15, 0.2) is 0 Å². The minimum Gasteiger partial charge on any atom is -0.317 e. The Bertz CT molecular complexity index is 502. The van der Waals surface area contributed by atoms with Crippen LogP contribution in [0.25, 0.3) is 0 Å². The Morgan fingerprint density at radius 1 is 1.26 bits per heavy atom. The zero-order valence-corrected chi connectivity index (χ0v) is 11.7. The summed E-state index contributed by atoms with van der Waals surface area (Å²) in [5.74, 6) is -0.888. The number of hydrogen-bond acceptors (Lipinski definition) is 3. The number of benzene rings is 1. The molecule has 2 rings (SSSR count). The van der Waals surface area contributed by atoms with Crippen LogP contribution in [0.4, 0.5) is 5.69 Å². The lowest BCUT2D eigenvalue weighted by Crippen LogP contribution is -2.32. The molecule has 1 aromatic carbocycles. The fraction of sp³-hybridized carbons (Fsp3) is 0.429. The van der Waals surface area contributed by atoms with E-state index in [0.29, 0.717) is 22.8 Å². The highest BCUT2D eigenvalue weighted by atomic mass is 35.5. The number of rotatable bonds is 6. The molecule has 0 aromatic heterocycles. The van der Waals surface area contributed by atoms with E-state index in [9.17, 15) is 9.59 Å². The van der Waals surface area contributed by atoms with Crippen LogP contribution in [0.1, 0.15) is 30.1 Å². The molecule has 1 aliphatic heterocycles. The monoisotopic (exact) mass is 280 g/mol. The van der Waals surface area contributed by atoms with Gasteiger partial charge >= 0.3 is 0 Å². The topological polar surface area (TPSA) is 49.4 Å². The first-order chi connectivity index (χ1) is 9.15. The molecule has 1 aromatic rings. The van der Waals surface area contributed by atoms with E-state index in [1.54, 1.807) is 18.2 Å². The first-order valence-electron chi connectivity index (χ1n) is 6.51. The third kappa shape index (κ3) is 2.96. The van der Waals surface area contributed by atoms with E-state index in [4.69, 9.17) is 11.6 Å². The zero-order chi connectivity index (χ0) is 13.8. The molecule has 19 heavy (non-hydrogen) atoms. The van der Waals surface area contributed by atoms with E-state index in [2.05, 4.69) is 12.2 Å². The third-order valence-corrected chi connectivity index (χ3v) is 3.33. The molecule has 1 heterocycles. The van der Waals surface area contributed by atoms with Crippen LogP contribution in [0, 0.1) is 0 Å². The fourth-order valence-electron chi connectivity index (χ4n) is 2.15. The van der Waals surface area contributed by atoms with Crippen molar-refractivity contribution < 1.29 is 9.59 Å². The smallest absolute Gasteiger partial charge is 0.299 e. The molecule has 0 aliphatic carbocycles. The van der Waals surface area contributed by atoms with Crippen molar-refractivity contribution in [3.05, 3.63) is 28.8 Å². The van der Waals surface area contributed by atoms with Crippen molar-refractivity contribution in [3.8, 4) is 0 Å². The standard InChI is InChI=1S/C14H17ClN2O2/c1-2-6-16-7-3-8-17-12-9-10(15)4-5-11(12)13(18)14(17)19/h4-5,9,16H,2-3,6-8H2,1H3.